The number of allylic oxidation sites excluding steroid dienone is 6. The van der Waals surface area contributed by atoms with Crippen molar-refractivity contribution >= 4 is 27.1 Å². The number of benzene rings is 3. The fourth-order valence-corrected chi connectivity index (χ4v) is 6.43. The quantitative estimate of drug-likeness (QED) is 0.224. The van der Waals surface area contributed by atoms with Gasteiger partial charge in [-0.1, -0.05) is 129 Å². The first kappa shape index (κ1) is 34.4. The Balaban J connectivity index is 0.00000187. The van der Waals surface area contributed by atoms with Crippen LogP contribution in [0.25, 0.3) is 27.1 Å². The van der Waals surface area contributed by atoms with Gasteiger partial charge in [-0.05, 0) is 49.8 Å². The Bertz CT molecular complexity index is 1620. The first-order valence-corrected chi connectivity index (χ1v) is 13.7. The van der Waals surface area contributed by atoms with E-state index in [1.54, 1.807) is 0 Å². The first-order valence-electron chi connectivity index (χ1n) is 13.7. The zero-order chi connectivity index (χ0) is 26.7. The fourth-order valence-electron chi connectivity index (χ4n) is 6.43. The predicted octanol–water partition coefficient (Wildman–Crippen LogP) is 4.61. The molecule has 1 atom stereocenters. The molecule has 0 amide bonds. The molecule has 1 aliphatic carbocycles. The van der Waals surface area contributed by atoms with Crippen molar-refractivity contribution < 1.29 is 51.0 Å². The zero-order valence-corrected chi connectivity index (χ0v) is 29.3. The van der Waals surface area contributed by atoms with E-state index < -0.39 is 0 Å². The van der Waals surface area contributed by atoms with E-state index in [0.717, 1.165) is 0 Å². The van der Waals surface area contributed by atoms with E-state index in [1.807, 2.05) is 0 Å². The SMILES string of the molecule is CC(C)=CC(C)(C)c1ccc2c(c1)[cH-]c1c(C3C=CC=C3c3ccc(C)cc3C)c(C(C)(C)C)ccc12.[Cl-].[Cl-].[Zr+3]. The number of rotatable bonds is 4. The Labute approximate surface area is 273 Å². The molecule has 40 heavy (non-hydrogen) atoms. The van der Waals surface area contributed by atoms with Crippen LogP contribution in [0.2, 0.25) is 0 Å². The molecule has 0 spiro atoms. The van der Waals surface area contributed by atoms with Crippen LogP contribution in [-0.4, -0.2) is 0 Å². The molecule has 0 saturated heterocycles. The van der Waals surface area contributed by atoms with Crippen molar-refractivity contribution in [2.75, 3.05) is 0 Å². The normalized spacial score (nSPS) is 14.8. The Hall–Kier alpha value is -1.79. The number of hydrogen-bond acceptors (Lipinski definition) is 0. The Morgan fingerprint density at radius 3 is 2.15 bits per heavy atom. The standard InChI is InChI=1S/C37H41.2ClH.Zr/c1-23(2)22-37(8,9)27-14-16-29-26(20-27)21-33-31(29)17-18-34(36(5,6)7)35(33)32-12-10-11-30(32)28-15-13-24(3)19-25(28)4;;;/h10-22,32H,1-9H3;2*1H;/q-1;;;+3/p-2. The molecule has 0 saturated carbocycles. The van der Waals surface area contributed by atoms with Gasteiger partial charge in [-0.25, -0.2) is 0 Å². The number of fused-ring (bicyclic) bond motifs is 3. The van der Waals surface area contributed by atoms with Crippen LogP contribution in [0.15, 0.2) is 84.5 Å². The minimum absolute atomic E-state index is 0. The Kier molecular flexibility index (Phi) is 10.8. The molecule has 0 heterocycles. The molecule has 1 aliphatic rings. The molecule has 207 valence electrons. The van der Waals surface area contributed by atoms with Gasteiger partial charge in [0.15, 0.2) is 0 Å². The van der Waals surface area contributed by atoms with Gasteiger partial charge in [-0.2, -0.15) is 0 Å². The molecule has 4 aromatic carbocycles. The maximum atomic E-state index is 2.46. The summed E-state index contributed by atoms with van der Waals surface area (Å²) in [5.41, 5.74) is 11.1. The van der Waals surface area contributed by atoms with Crippen LogP contribution in [0, 0.1) is 13.8 Å². The van der Waals surface area contributed by atoms with Gasteiger partial charge in [-0.15, -0.1) is 33.7 Å². The summed E-state index contributed by atoms with van der Waals surface area (Å²) in [6.45, 7) is 20.5. The second kappa shape index (κ2) is 12.6. The molecule has 0 aromatic heterocycles. The summed E-state index contributed by atoms with van der Waals surface area (Å²) in [5.74, 6) is 0.248. The van der Waals surface area contributed by atoms with Crippen molar-refractivity contribution in [3.63, 3.8) is 0 Å². The summed E-state index contributed by atoms with van der Waals surface area (Å²) in [5, 5.41) is 5.46. The van der Waals surface area contributed by atoms with Crippen molar-refractivity contribution in [1.82, 2.24) is 0 Å². The topological polar surface area (TPSA) is 0 Å². The number of halogens is 2. The number of aryl methyl sites for hydroxylation is 2. The van der Waals surface area contributed by atoms with Crippen LogP contribution in [0.5, 0.6) is 0 Å². The van der Waals surface area contributed by atoms with Gasteiger partial charge in [0, 0.05) is 11.3 Å². The van der Waals surface area contributed by atoms with E-state index in [2.05, 4.69) is 141 Å². The third-order valence-corrected chi connectivity index (χ3v) is 8.05. The smallest absolute Gasteiger partial charge is 1.00 e. The molecular weight excluding hydrogens is 607 g/mol. The average Bonchev–Trinajstić information content (AvgIpc) is 3.41. The molecule has 0 fully saturated rings. The Morgan fingerprint density at radius 2 is 1.52 bits per heavy atom. The van der Waals surface area contributed by atoms with E-state index in [-0.39, 0.29) is 67.8 Å². The van der Waals surface area contributed by atoms with Crippen molar-refractivity contribution in [3.05, 3.63) is 118 Å². The van der Waals surface area contributed by atoms with Crippen LogP contribution in [0.1, 0.15) is 87.8 Å². The summed E-state index contributed by atoms with van der Waals surface area (Å²) >= 11 is 0. The van der Waals surface area contributed by atoms with Gasteiger partial charge in [0.05, 0.1) is 0 Å². The molecule has 0 nitrogen and oxygen atoms in total. The van der Waals surface area contributed by atoms with Crippen LogP contribution in [-0.2, 0) is 37.0 Å². The summed E-state index contributed by atoms with van der Waals surface area (Å²) in [6.07, 6.45) is 9.37. The van der Waals surface area contributed by atoms with Crippen LogP contribution >= 0.6 is 0 Å². The first-order chi connectivity index (χ1) is 17.4. The summed E-state index contributed by atoms with van der Waals surface area (Å²) in [6, 6.07) is 21.2. The van der Waals surface area contributed by atoms with Crippen molar-refractivity contribution in [2.45, 2.75) is 79.1 Å². The van der Waals surface area contributed by atoms with Crippen molar-refractivity contribution in [3.8, 4) is 0 Å². The molecule has 1 unspecified atom stereocenters. The molecule has 4 aromatic rings. The largest absolute Gasteiger partial charge is 3.00 e. The Morgan fingerprint density at radius 1 is 0.850 bits per heavy atom. The molecule has 0 aliphatic heterocycles. The molecule has 5 rings (SSSR count). The van der Waals surface area contributed by atoms with E-state index in [4.69, 9.17) is 0 Å². The van der Waals surface area contributed by atoms with E-state index in [9.17, 15) is 0 Å². The van der Waals surface area contributed by atoms with Crippen LogP contribution in [0.4, 0.5) is 0 Å². The third kappa shape index (κ3) is 6.33. The van der Waals surface area contributed by atoms with Crippen LogP contribution in [0.3, 0.4) is 0 Å². The molecular formula is C37H41Cl2Zr. The van der Waals surface area contributed by atoms with E-state index in [0.29, 0.717) is 0 Å². The number of hydrogen-bond donors (Lipinski definition) is 0. The van der Waals surface area contributed by atoms with E-state index in [1.165, 1.54) is 66.1 Å². The van der Waals surface area contributed by atoms with Crippen molar-refractivity contribution in [2.24, 2.45) is 0 Å². The molecule has 3 heteroatoms. The monoisotopic (exact) mass is 645 g/mol. The molecule has 1 radical (unpaired) electrons. The minimum atomic E-state index is 0. The summed E-state index contributed by atoms with van der Waals surface area (Å²) in [4.78, 5) is 0. The molecule has 0 bridgehead atoms. The minimum Gasteiger partial charge on any atom is -1.00 e. The van der Waals surface area contributed by atoms with Gasteiger partial charge in [0.25, 0.3) is 0 Å². The molecule has 0 N–H and O–H groups in total. The summed E-state index contributed by atoms with van der Waals surface area (Å²) < 4.78 is 0. The van der Waals surface area contributed by atoms with Gasteiger partial charge < -0.3 is 24.8 Å². The average molecular weight is 648 g/mol. The van der Waals surface area contributed by atoms with Crippen LogP contribution < -0.4 is 24.8 Å². The van der Waals surface area contributed by atoms with Gasteiger partial charge in [0.1, 0.15) is 0 Å². The zero-order valence-electron chi connectivity index (χ0n) is 25.3. The van der Waals surface area contributed by atoms with Crippen molar-refractivity contribution in [1.29, 1.82) is 0 Å². The van der Waals surface area contributed by atoms with E-state index >= 15 is 0 Å². The maximum Gasteiger partial charge on any atom is 3.00 e. The van der Waals surface area contributed by atoms with Gasteiger partial charge >= 0.3 is 26.2 Å². The fraction of sp³-hybridized carbons (Fsp3) is 0.324. The second-order valence-electron chi connectivity index (χ2n) is 12.9. The predicted molar refractivity (Wildman–Crippen MR) is 164 cm³/mol. The third-order valence-electron chi connectivity index (χ3n) is 8.05. The second-order valence-corrected chi connectivity index (χ2v) is 12.9. The summed E-state index contributed by atoms with van der Waals surface area (Å²) in [7, 11) is 0. The van der Waals surface area contributed by atoms with Gasteiger partial charge in [-0.3, -0.25) is 0 Å². The maximum absolute atomic E-state index is 2.46. The van der Waals surface area contributed by atoms with Gasteiger partial charge in [0.2, 0.25) is 0 Å².